The van der Waals surface area contributed by atoms with Crippen LogP contribution in [-0.2, 0) is 5.11 Å². The lowest BCUT2D eigenvalue weighted by Crippen LogP contribution is -2.62. The smallest absolute Gasteiger partial charge is 0.203 e. The molecule has 1 nitrogen and oxygen atoms in total. The normalized spacial score (nSPS) is 16.2. The molecule has 0 aliphatic heterocycles. The molecule has 0 N–H and O–H groups in total. The van der Waals surface area contributed by atoms with E-state index in [9.17, 15) is 5.11 Å². The van der Waals surface area contributed by atoms with Crippen LogP contribution in [-0.4, -0.2) is 9.85 Å². The van der Waals surface area contributed by atoms with Crippen molar-refractivity contribution in [3.63, 3.8) is 0 Å². The fourth-order valence-corrected chi connectivity index (χ4v) is 22.6. The second-order valence-electron chi connectivity index (χ2n) is 2.76. The standard InChI is InChI=1S/C5Br11O/c6-2(7,8)1(3(9,10)11,4(12,13)14)5(15,16)17. The summed E-state index contributed by atoms with van der Waals surface area (Å²) in [6.07, 6.45) is 0. The summed E-state index contributed by atoms with van der Waals surface area (Å²) in [5.41, 5.74) is -1.22. The molecule has 0 fully saturated rings. The summed E-state index contributed by atoms with van der Waals surface area (Å²) in [7, 11) is 0. The van der Waals surface area contributed by atoms with Crippen molar-refractivity contribution < 1.29 is 5.11 Å². The van der Waals surface area contributed by atoms with Crippen molar-refractivity contribution in [2.75, 3.05) is 0 Å². The van der Waals surface area contributed by atoms with E-state index in [0.29, 0.717) is 0 Å². The Morgan fingerprint density at radius 1 is 0.471 bits per heavy atom. The molecule has 0 saturated carbocycles. The average Bonchev–Trinajstić information content (AvgIpc) is 1.67. The minimum absolute atomic E-state index is 0.984. The van der Waals surface area contributed by atoms with Crippen LogP contribution in [0.3, 0.4) is 0 Å². The Labute approximate surface area is 192 Å². The molecule has 0 amide bonds. The summed E-state index contributed by atoms with van der Waals surface area (Å²) in [5.74, 6) is 0. The summed E-state index contributed by atoms with van der Waals surface area (Å²) >= 11 is 36.8. The molecule has 1 radical (unpaired) electrons. The molecule has 0 aromatic heterocycles. The van der Waals surface area contributed by atoms with E-state index in [1.54, 1.807) is 0 Å². The second kappa shape index (κ2) is 7.01. The summed E-state index contributed by atoms with van der Waals surface area (Å²) in [6.45, 7) is 0. The average molecular weight is 955 g/mol. The molecule has 12 heteroatoms. The lowest BCUT2D eigenvalue weighted by atomic mass is 9.97. The number of alkyl halides is 11. The maximum Gasteiger partial charge on any atom is 0.226 e. The summed E-state index contributed by atoms with van der Waals surface area (Å²) in [6, 6.07) is 0. The van der Waals surface area contributed by atoms with Crippen molar-refractivity contribution in [2.45, 2.75) is 9.85 Å². The van der Waals surface area contributed by atoms with Crippen LogP contribution in [0.5, 0.6) is 0 Å². The first-order valence-electron chi connectivity index (χ1n) is 3.28. The van der Waals surface area contributed by atoms with Gasteiger partial charge in [-0.1, -0.05) is 143 Å². The molecular weight excluding hydrogens is 955 g/mol. The largest absolute Gasteiger partial charge is 0.226 e. The van der Waals surface area contributed by atoms with Crippen molar-refractivity contribution >= 4 is 175 Å². The first-order valence-corrected chi connectivity index (χ1v) is 12.0. The van der Waals surface area contributed by atoms with Gasteiger partial charge >= 0.3 is 0 Å². The van der Waals surface area contributed by atoms with E-state index >= 15 is 0 Å². The van der Waals surface area contributed by atoms with Crippen LogP contribution in [0.2, 0.25) is 0 Å². The van der Waals surface area contributed by atoms with Gasteiger partial charge in [-0.05, 0) is 31.9 Å². The van der Waals surface area contributed by atoms with E-state index in [2.05, 4.69) is 175 Å². The molecule has 0 spiro atoms. The van der Waals surface area contributed by atoms with Gasteiger partial charge in [0.15, 0.2) is 6.43 Å². The van der Waals surface area contributed by atoms with E-state index < -0.39 is 15.3 Å². The third-order valence-corrected chi connectivity index (χ3v) is 8.25. The van der Waals surface area contributed by atoms with Crippen molar-refractivity contribution in [3.8, 4) is 0 Å². The van der Waals surface area contributed by atoms with Gasteiger partial charge in [0.25, 0.3) is 0 Å². The summed E-state index contributed by atoms with van der Waals surface area (Å²) in [4.78, 5) is 0. The highest BCUT2D eigenvalue weighted by Crippen LogP contribution is 2.78. The van der Waals surface area contributed by atoms with E-state index in [1.807, 2.05) is 0 Å². The molecule has 0 unspecified atom stereocenters. The van der Waals surface area contributed by atoms with Crippen LogP contribution in [0.15, 0.2) is 0 Å². The lowest BCUT2D eigenvalue weighted by Gasteiger charge is -2.54. The molecule has 0 aliphatic rings. The zero-order chi connectivity index (χ0) is 14.5. The maximum atomic E-state index is 12.6. The zero-order valence-corrected chi connectivity index (χ0v) is 24.5. The molecule has 0 heterocycles. The predicted octanol–water partition coefficient (Wildman–Crippen LogP) is 8.36. The topological polar surface area (TPSA) is 19.9 Å². The van der Waals surface area contributed by atoms with E-state index in [-0.39, 0.29) is 0 Å². The maximum absolute atomic E-state index is 12.6. The van der Waals surface area contributed by atoms with Gasteiger partial charge in [-0.3, -0.25) is 0 Å². The Bertz CT molecular complexity index is 213. The van der Waals surface area contributed by atoms with Crippen molar-refractivity contribution in [2.24, 2.45) is 5.41 Å². The van der Waals surface area contributed by atoms with Crippen molar-refractivity contribution in [1.82, 2.24) is 0 Å². The van der Waals surface area contributed by atoms with Crippen LogP contribution in [0, 0.1) is 5.41 Å². The number of hydrogen-bond donors (Lipinski definition) is 0. The fourth-order valence-electron chi connectivity index (χ4n) is 0.977. The summed E-state index contributed by atoms with van der Waals surface area (Å²) in [5, 5.41) is 12.6. The van der Waals surface area contributed by atoms with E-state index in [1.165, 1.54) is 0 Å². The molecule has 0 aromatic rings. The minimum atomic E-state index is -1.78. The zero-order valence-electron chi connectivity index (χ0n) is 7.07. The molecule has 17 heavy (non-hydrogen) atoms. The van der Waals surface area contributed by atoms with Gasteiger partial charge in [-0.25, -0.2) is 5.11 Å². The van der Waals surface area contributed by atoms with Gasteiger partial charge in [-0.2, -0.15) is 0 Å². The van der Waals surface area contributed by atoms with Crippen LogP contribution >= 0.6 is 175 Å². The third-order valence-electron chi connectivity index (χ3n) is 1.71. The highest BCUT2D eigenvalue weighted by atomic mass is 80.0. The third kappa shape index (κ3) is 4.62. The van der Waals surface area contributed by atoms with Gasteiger partial charge in [0.1, 0.15) is 5.41 Å². The lowest BCUT2D eigenvalue weighted by molar-refractivity contribution is 0.0461. The Morgan fingerprint density at radius 3 is 0.647 bits per heavy atom. The number of rotatable bonds is 1. The molecule has 103 valence electrons. The van der Waals surface area contributed by atoms with Gasteiger partial charge in [0, 0.05) is 0 Å². The van der Waals surface area contributed by atoms with Crippen LogP contribution in [0.25, 0.3) is 0 Å². The number of hydrogen-bond acceptors (Lipinski definition) is 0. The first kappa shape index (κ1) is 22.2. The number of halogens is 11. The minimum Gasteiger partial charge on any atom is -0.203 e. The predicted molar refractivity (Wildman–Crippen MR) is 112 cm³/mol. The van der Waals surface area contributed by atoms with Gasteiger partial charge in [0.05, 0.1) is 0 Å². The van der Waals surface area contributed by atoms with Gasteiger partial charge in [0.2, 0.25) is 3.42 Å². The fraction of sp³-hybridized carbons (Fsp3) is 1.00. The van der Waals surface area contributed by atoms with Gasteiger partial charge in [-0.15, -0.1) is 0 Å². The molecular formula is C5Br11O. The van der Waals surface area contributed by atoms with E-state index in [4.69, 9.17) is 0 Å². The van der Waals surface area contributed by atoms with Crippen molar-refractivity contribution in [1.29, 1.82) is 0 Å². The molecule has 0 saturated heterocycles. The highest BCUT2D eigenvalue weighted by Gasteiger charge is 2.76. The molecule has 0 aromatic carbocycles. The Kier molecular flexibility index (Phi) is 9.17. The van der Waals surface area contributed by atoms with Crippen LogP contribution in [0.1, 0.15) is 0 Å². The van der Waals surface area contributed by atoms with Gasteiger partial charge < -0.3 is 0 Å². The summed E-state index contributed by atoms with van der Waals surface area (Å²) < 4.78 is -4.73. The SMILES string of the molecule is [O]C(Br)(Br)C(C(Br)(Br)Br)(C(Br)(Br)Br)C(Br)(Br)Br. The molecule has 0 bridgehead atoms. The van der Waals surface area contributed by atoms with Crippen LogP contribution < -0.4 is 0 Å². The monoisotopic (exact) mass is 944 g/mol. The van der Waals surface area contributed by atoms with Crippen molar-refractivity contribution in [3.05, 3.63) is 0 Å². The molecule has 0 aliphatic carbocycles. The first-order chi connectivity index (χ1) is 7.00. The van der Waals surface area contributed by atoms with E-state index in [0.717, 1.165) is 0 Å². The molecule has 0 rings (SSSR count). The Hall–Kier alpha value is 5.24. The molecule has 0 atom stereocenters. The highest BCUT2D eigenvalue weighted by molar-refractivity contribution is 9.42. The quantitative estimate of drug-likeness (QED) is 0.236. The Morgan fingerprint density at radius 2 is 0.647 bits per heavy atom. The second-order valence-corrected chi connectivity index (χ2v) is 26.3. The Balaban J connectivity index is 6.37. The van der Waals surface area contributed by atoms with Crippen LogP contribution in [0.4, 0.5) is 0 Å².